The van der Waals surface area contributed by atoms with Crippen LogP contribution in [0.5, 0.6) is 0 Å². The third-order valence-electron chi connectivity index (χ3n) is 3.20. The van der Waals surface area contributed by atoms with E-state index in [4.69, 9.17) is 5.11 Å². The first-order chi connectivity index (χ1) is 8.08. The number of carboxylic acid groups (broad SMARTS) is 1. The lowest BCUT2D eigenvalue weighted by Gasteiger charge is -2.40. The predicted molar refractivity (Wildman–Crippen MR) is 64.8 cm³/mol. The maximum atomic E-state index is 11.4. The zero-order chi connectivity index (χ0) is 12.7. The molecule has 1 rings (SSSR count). The summed E-state index contributed by atoms with van der Waals surface area (Å²) in [5.41, 5.74) is -0.221. The number of aliphatic carboxylic acids is 1. The van der Waals surface area contributed by atoms with Crippen LogP contribution in [0.15, 0.2) is 12.7 Å². The van der Waals surface area contributed by atoms with Gasteiger partial charge in [-0.2, -0.15) is 0 Å². The largest absolute Gasteiger partial charge is 0.481 e. The molecule has 3 N–H and O–H groups in total. The Balaban J connectivity index is 2.25. The highest BCUT2D eigenvalue weighted by molar-refractivity contribution is 5.74. The Bertz CT molecular complexity index is 298. The molecule has 0 bridgehead atoms. The molecule has 0 heterocycles. The average molecular weight is 240 g/mol. The minimum absolute atomic E-state index is 0.139. The highest BCUT2D eigenvalue weighted by Crippen LogP contribution is 2.43. The lowest BCUT2D eigenvalue weighted by Crippen LogP contribution is -2.46. The van der Waals surface area contributed by atoms with Crippen molar-refractivity contribution in [3.8, 4) is 0 Å². The van der Waals surface area contributed by atoms with Gasteiger partial charge in [-0.05, 0) is 24.7 Å². The Labute approximate surface area is 101 Å². The number of rotatable bonds is 7. The third-order valence-corrected chi connectivity index (χ3v) is 3.20. The van der Waals surface area contributed by atoms with Gasteiger partial charge in [0.1, 0.15) is 0 Å². The lowest BCUT2D eigenvalue weighted by molar-refractivity contribution is -0.141. The average Bonchev–Trinajstić information content (AvgIpc) is 2.22. The fraction of sp³-hybridized carbons (Fsp3) is 0.667. The molecule has 0 saturated heterocycles. The summed E-state index contributed by atoms with van der Waals surface area (Å²) in [6.07, 6.45) is 5.41. The summed E-state index contributed by atoms with van der Waals surface area (Å²) in [5.74, 6) is -0.793. The first-order valence-electron chi connectivity index (χ1n) is 5.92. The van der Waals surface area contributed by atoms with E-state index in [1.54, 1.807) is 6.08 Å². The van der Waals surface area contributed by atoms with Gasteiger partial charge in [-0.15, -0.1) is 6.58 Å². The Kier molecular flexibility index (Phi) is 5.00. The van der Waals surface area contributed by atoms with E-state index in [-0.39, 0.29) is 17.9 Å². The molecule has 0 atom stereocenters. The Morgan fingerprint density at radius 2 is 2.06 bits per heavy atom. The van der Waals surface area contributed by atoms with Crippen LogP contribution in [-0.4, -0.2) is 30.2 Å². The van der Waals surface area contributed by atoms with Gasteiger partial charge in [-0.25, -0.2) is 4.79 Å². The van der Waals surface area contributed by atoms with Crippen molar-refractivity contribution >= 4 is 12.0 Å². The highest BCUT2D eigenvalue weighted by atomic mass is 16.4. The molecule has 1 fully saturated rings. The summed E-state index contributed by atoms with van der Waals surface area (Å²) >= 11 is 0. The number of carbonyl (C=O) groups is 2. The van der Waals surface area contributed by atoms with Crippen molar-refractivity contribution in [2.45, 2.75) is 32.1 Å². The Morgan fingerprint density at radius 3 is 2.53 bits per heavy atom. The molecule has 0 aromatic rings. The SMILES string of the molecule is C=CCCNC(=O)NCC1(CC(=O)O)CCC1. The van der Waals surface area contributed by atoms with Gasteiger partial charge >= 0.3 is 12.0 Å². The summed E-state index contributed by atoms with van der Waals surface area (Å²) in [4.78, 5) is 22.1. The number of carbonyl (C=O) groups excluding carboxylic acids is 1. The Hall–Kier alpha value is -1.52. The van der Waals surface area contributed by atoms with Crippen molar-refractivity contribution in [3.63, 3.8) is 0 Å². The van der Waals surface area contributed by atoms with Crippen LogP contribution in [0.2, 0.25) is 0 Å². The van der Waals surface area contributed by atoms with E-state index in [1.807, 2.05) is 0 Å². The van der Waals surface area contributed by atoms with E-state index < -0.39 is 5.97 Å². The molecule has 2 amide bonds. The van der Waals surface area contributed by atoms with Gasteiger partial charge in [0.15, 0.2) is 0 Å². The second kappa shape index (κ2) is 6.27. The molecule has 1 aliphatic carbocycles. The maximum Gasteiger partial charge on any atom is 0.314 e. The fourth-order valence-corrected chi connectivity index (χ4v) is 2.03. The van der Waals surface area contributed by atoms with Crippen LogP contribution in [0.3, 0.4) is 0 Å². The van der Waals surface area contributed by atoms with Gasteiger partial charge in [0.2, 0.25) is 0 Å². The number of carboxylic acids is 1. The van der Waals surface area contributed by atoms with E-state index in [0.717, 1.165) is 25.7 Å². The molecule has 1 saturated carbocycles. The van der Waals surface area contributed by atoms with Gasteiger partial charge in [0.05, 0.1) is 6.42 Å². The van der Waals surface area contributed by atoms with Crippen LogP contribution in [0.1, 0.15) is 32.1 Å². The van der Waals surface area contributed by atoms with Crippen molar-refractivity contribution < 1.29 is 14.7 Å². The smallest absolute Gasteiger partial charge is 0.314 e. The van der Waals surface area contributed by atoms with Crippen LogP contribution in [0.4, 0.5) is 4.79 Å². The quantitative estimate of drug-likeness (QED) is 0.466. The zero-order valence-corrected chi connectivity index (χ0v) is 10.00. The summed E-state index contributed by atoms with van der Waals surface area (Å²) in [7, 11) is 0. The number of hydrogen-bond acceptors (Lipinski definition) is 2. The van der Waals surface area contributed by atoms with E-state index in [0.29, 0.717) is 13.1 Å². The van der Waals surface area contributed by atoms with Crippen LogP contribution >= 0.6 is 0 Å². The van der Waals surface area contributed by atoms with Crippen LogP contribution < -0.4 is 10.6 Å². The molecule has 0 aliphatic heterocycles. The van der Waals surface area contributed by atoms with Gasteiger partial charge in [0.25, 0.3) is 0 Å². The molecule has 0 aromatic carbocycles. The van der Waals surface area contributed by atoms with E-state index in [9.17, 15) is 9.59 Å². The molecule has 5 nitrogen and oxygen atoms in total. The summed E-state index contributed by atoms with van der Waals surface area (Å²) in [6.45, 7) is 4.56. The monoisotopic (exact) mass is 240 g/mol. The number of hydrogen-bond donors (Lipinski definition) is 3. The number of amides is 2. The molecule has 0 radical (unpaired) electrons. The normalized spacial score (nSPS) is 16.7. The van der Waals surface area contributed by atoms with Crippen molar-refractivity contribution in [1.82, 2.24) is 10.6 Å². The first-order valence-corrected chi connectivity index (χ1v) is 5.92. The summed E-state index contributed by atoms with van der Waals surface area (Å²) in [6, 6.07) is -0.233. The molecule has 96 valence electrons. The highest BCUT2D eigenvalue weighted by Gasteiger charge is 2.39. The summed E-state index contributed by atoms with van der Waals surface area (Å²) < 4.78 is 0. The van der Waals surface area contributed by atoms with Crippen LogP contribution in [-0.2, 0) is 4.79 Å². The third kappa shape index (κ3) is 4.46. The standard InChI is InChI=1S/C12H20N2O3/c1-2-3-7-13-11(17)14-9-12(5-4-6-12)8-10(15)16/h2H,1,3-9H2,(H,15,16)(H2,13,14,17). The molecule has 17 heavy (non-hydrogen) atoms. The van der Waals surface area contributed by atoms with Crippen molar-refractivity contribution in [1.29, 1.82) is 0 Å². The minimum atomic E-state index is -0.793. The lowest BCUT2D eigenvalue weighted by atomic mass is 9.66. The van der Waals surface area contributed by atoms with Gasteiger partial charge in [-0.1, -0.05) is 12.5 Å². The summed E-state index contributed by atoms with van der Waals surface area (Å²) in [5, 5.41) is 14.2. The van der Waals surface area contributed by atoms with Gasteiger partial charge in [-0.3, -0.25) is 4.79 Å². The topological polar surface area (TPSA) is 78.4 Å². The van der Waals surface area contributed by atoms with E-state index in [2.05, 4.69) is 17.2 Å². The number of urea groups is 1. The Morgan fingerprint density at radius 1 is 1.35 bits per heavy atom. The second-order valence-electron chi connectivity index (χ2n) is 4.61. The van der Waals surface area contributed by atoms with Gasteiger partial charge in [0, 0.05) is 13.1 Å². The fourth-order valence-electron chi connectivity index (χ4n) is 2.03. The van der Waals surface area contributed by atoms with Crippen LogP contribution in [0.25, 0.3) is 0 Å². The number of nitrogens with one attached hydrogen (secondary N) is 2. The van der Waals surface area contributed by atoms with E-state index in [1.165, 1.54) is 0 Å². The molecular formula is C12H20N2O3. The van der Waals surface area contributed by atoms with Gasteiger partial charge < -0.3 is 15.7 Å². The predicted octanol–water partition coefficient (Wildman–Crippen LogP) is 1.51. The maximum absolute atomic E-state index is 11.4. The van der Waals surface area contributed by atoms with Crippen LogP contribution in [0, 0.1) is 5.41 Å². The molecule has 0 unspecified atom stereocenters. The first kappa shape index (κ1) is 13.5. The molecule has 0 aromatic heterocycles. The van der Waals surface area contributed by atoms with E-state index >= 15 is 0 Å². The second-order valence-corrected chi connectivity index (χ2v) is 4.61. The van der Waals surface area contributed by atoms with Crippen molar-refractivity contribution in [2.24, 2.45) is 5.41 Å². The van der Waals surface area contributed by atoms with Crippen molar-refractivity contribution in [2.75, 3.05) is 13.1 Å². The molecule has 5 heteroatoms. The molecular weight excluding hydrogens is 220 g/mol. The molecule has 1 aliphatic rings. The van der Waals surface area contributed by atoms with Crippen molar-refractivity contribution in [3.05, 3.63) is 12.7 Å². The molecule has 0 spiro atoms. The zero-order valence-electron chi connectivity index (χ0n) is 10.00. The minimum Gasteiger partial charge on any atom is -0.481 e.